The summed E-state index contributed by atoms with van der Waals surface area (Å²) in [5.74, 6) is -0.213. The molecule has 6 nitrogen and oxygen atoms in total. The summed E-state index contributed by atoms with van der Waals surface area (Å²) in [6, 6.07) is 0. The first-order valence-corrected chi connectivity index (χ1v) is 6.95. The lowest BCUT2D eigenvalue weighted by molar-refractivity contribution is 0.0502. The maximum atomic E-state index is 11.5. The Bertz CT molecular complexity index is 391. The molecule has 1 aliphatic rings. The first-order chi connectivity index (χ1) is 7.58. The normalized spacial score (nSPS) is 18.6. The molecule has 0 bridgehead atoms. The summed E-state index contributed by atoms with van der Waals surface area (Å²) in [6.45, 7) is 5.24. The molecule has 0 saturated heterocycles. The summed E-state index contributed by atoms with van der Waals surface area (Å²) in [4.78, 5) is 11.5. The van der Waals surface area contributed by atoms with Gasteiger partial charge >= 0.3 is 6.09 Å². The summed E-state index contributed by atoms with van der Waals surface area (Å²) in [5.41, 5.74) is -1.31. The smallest absolute Gasteiger partial charge is 0.408 e. The highest BCUT2D eigenvalue weighted by atomic mass is 32.2. The van der Waals surface area contributed by atoms with Gasteiger partial charge in [0.25, 0.3) is 10.1 Å². The lowest BCUT2D eigenvalue weighted by Crippen LogP contribution is -2.44. The van der Waals surface area contributed by atoms with Crippen molar-refractivity contribution >= 4 is 16.2 Å². The monoisotopic (exact) mass is 265 g/mol. The molecule has 0 unspecified atom stereocenters. The van der Waals surface area contributed by atoms with Gasteiger partial charge in [-0.05, 0) is 33.6 Å². The third kappa shape index (κ3) is 4.91. The van der Waals surface area contributed by atoms with E-state index in [0.717, 1.165) is 7.11 Å². The van der Waals surface area contributed by atoms with E-state index >= 15 is 0 Å². The molecular weight excluding hydrogens is 246 g/mol. The minimum Gasteiger partial charge on any atom is -0.444 e. The number of carbonyl (C=O) groups is 1. The minimum absolute atomic E-state index is 0.213. The fourth-order valence-corrected chi connectivity index (χ4v) is 2.53. The third-order valence-electron chi connectivity index (χ3n) is 2.33. The van der Waals surface area contributed by atoms with Crippen molar-refractivity contribution in [2.75, 3.05) is 12.9 Å². The zero-order chi connectivity index (χ0) is 13.3. The number of carbonyl (C=O) groups excluding carboxylic acids is 1. The topological polar surface area (TPSA) is 81.7 Å². The minimum atomic E-state index is -3.57. The predicted molar refractivity (Wildman–Crippen MR) is 62.1 cm³/mol. The number of rotatable bonds is 4. The molecule has 0 aliphatic heterocycles. The van der Waals surface area contributed by atoms with Crippen LogP contribution < -0.4 is 5.32 Å². The second-order valence-electron chi connectivity index (χ2n) is 5.28. The van der Waals surface area contributed by atoms with Gasteiger partial charge in [-0.15, -0.1) is 0 Å². The van der Waals surface area contributed by atoms with E-state index in [1.807, 2.05) is 0 Å². The SMILES string of the molecule is COS(=O)(=O)CC1(NC(=O)OC(C)(C)C)CC1. The highest BCUT2D eigenvalue weighted by molar-refractivity contribution is 7.86. The molecule has 0 heterocycles. The average molecular weight is 265 g/mol. The van der Waals surface area contributed by atoms with E-state index in [9.17, 15) is 13.2 Å². The Hall–Kier alpha value is -0.820. The van der Waals surface area contributed by atoms with Crippen molar-refractivity contribution < 1.29 is 22.1 Å². The number of alkyl carbamates (subject to hydrolysis) is 1. The molecule has 100 valence electrons. The summed E-state index contributed by atoms with van der Waals surface area (Å²) in [5, 5.41) is 2.59. The van der Waals surface area contributed by atoms with Gasteiger partial charge in [-0.1, -0.05) is 0 Å². The Kier molecular flexibility index (Phi) is 3.73. The largest absolute Gasteiger partial charge is 0.444 e. The average Bonchev–Trinajstić information content (AvgIpc) is 2.79. The van der Waals surface area contributed by atoms with Gasteiger partial charge in [0.05, 0.1) is 18.4 Å². The first kappa shape index (κ1) is 14.2. The van der Waals surface area contributed by atoms with Crippen molar-refractivity contribution in [3.05, 3.63) is 0 Å². The second-order valence-corrected chi connectivity index (χ2v) is 7.01. The Morgan fingerprint density at radius 1 is 1.35 bits per heavy atom. The van der Waals surface area contributed by atoms with Crippen LogP contribution in [-0.2, 0) is 19.0 Å². The molecular formula is C10H19NO5S. The van der Waals surface area contributed by atoms with Crippen molar-refractivity contribution in [1.82, 2.24) is 5.32 Å². The Labute approximate surface area is 102 Å². The maximum absolute atomic E-state index is 11.5. The number of ether oxygens (including phenoxy) is 1. The maximum Gasteiger partial charge on any atom is 0.408 e. The fraction of sp³-hybridized carbons (Fsp3) is 0.900. The van der Waals surface area contributed by atoms with E-state index in [2.05, 4.69) is 9.50 Å². The van der Waals surface area contributed by atoms with Crippen LogP contribution in [0.2, 0.25) is 0 Å². The van der Waals surface area contributed by atoms with E-state index < -0.39 is 27.4 Å². The standard InChI is InChI=1S/C10H19NO5S/c1-9(2,3)16-8(12)11-10(5-6-10)7-17(13,14)15-4/h5-7H2,1-4H3,(H,11,12). The van der Waals surface area contributed by atoms with Crippen LogP contribution in [0.25, 0.3) is 0 Å². The van der Waals surface area contributed by atoms with Crippen molar-refractivity contribution in [3.8, 4) is 0 Å². The summed E-state index contributed by atoms with van der Waals surface area (Å²) >= 11 is 0. The van der Waals surface area contributed by atoms with Crippen LogP contribution >= 0.6 is 0 Å². The molecule has 1 amide bonds. The van der Waals surface area contributed by atoms with Crippen LogP contribution in [0.5, 0.6) is 0 Å². The van der Waals surface area contributed by atoms with Gasteiger partial charge in [0.15, 0.2) is 0 Å². The molecule has 7 heteroatoms. The molecule has 17 heavy (non-hydrogen) atoms. The zero-order valence-corrected chi connectivity index (χ0v) is 11.4. The molecule has 0 aromatic heterocycles. The molecule has 0 radical (unpaired) electrons. The summed E-state index contributed by atoms with van der Waals surface area (Å²) in [6.07, 6.45) is 0.644. The number of amides is 1. The lowest BCUT2D eigenvalue weighted by Gasteiger charge is -2.23. The van der Waals surface area contributed by atoms with E-state index in [1.165, 1.54) is 0 Å². The molecule has 1 saturated carbocycles. The number of hydrogen-bond acceptors (Lipinski definition) is 5. The van der Waals surface area contributed by atoms with E-state index in [0.29, 0.717) is 12.8 Å². The molecule has 0 aromatic rings. The first-order valence-electron chi connectivity index (χ1n) is 5.37. The van der Waals surface area contributed by atoms with Crippen molar-refractivity contribution in [1.29, 1.82) is 0 Å². The Morgan fingerprint density at radius 2 is 1.88 bits per heavy atom. The number of nitrogens with one attached hydrogen (secondary N) is 1. The van der Waals surface area contributed by atoms with E-state index in [1.54, 1.807) is 20.8 Å². The van der Waals surface area contributed by atoms with Gasteiger partial charge in [-0.25, -0.2) is 4.79 Å². The van der Waals surface area contributed by atoms with Crippen molar-refractivity contribution in [2.45, 2.75) is 44.8 Å². The van der Waals surface area contributed by atoms with Crippen molar-refractivity contribution in [3.63, 3.8) is 0 Å². The van der Waals surface area contributed by atoms with Gasteiger partial charge in [0, 0.05) is 0 Å². The van der Waals surface area contributed by atoms with Crippen LogP contribution in [0.15, 0.2) is 0 Å². The van der Waals surface area contributed by atoms with Gasteiger partial charge in [0.1, 0.15) is 5.60 Å². The second kappa shape index (κ2) is 4.45. The molecule has 0 aromatic carbocycles. The zero-order valence-electron chi connectivity index (χ0n) is 10.6. The highest BCUT2D eigenvalue weighted by Gasteiger charge is 2.48. The van der Waals surface area contributed by atoms with Crippen LogP contribution in [-0.4, -0.2) is 38.5 Å². The Morgan fingerprint density at radius 3 is 2.24 bits per heavy atom. The molecule has 1 fully saturated rings. The van der Waals surface area contributed by atoms with Gasteiger partial charge in [0.2, 0.25) is 0 Å². The molecule has 0 spiro atoms. The lowest BCUT2D eigenvalue weighted by atomic mass is 10.2. The van der Waals surface area contributed by atoms with Crippen LogP contribution in [0, 0.1) is 0 Å². The molecule has 0 atom stereocenters. The van der Waals surface area contributed by atoms with Crippen LogP contribution in [0.3, 0.4) is 0 Å². The molecule has 1 N–H and O–H groups in total. The Balaban J connectivity index is 2.54. The van der Waals surface area contributed by atoms with Gasteiger partial charge in [-0.3, -0.25) is 4.18 Å². The van der Waals surface area contributed by atoms with E-state index in [-0.39, 0.29) is 5.75 Å². The van der Waals surface area contributed by atoms with Gasteiger partial charge in [-0.2, -0.15) is 8.42 Å². The van der Waals surface area contributed by atoms with Crippen LogP contribution in [0.4, 0.5) is 4.79 Å². The molecule has 1 aliphatic carbocycles. The number of hydrogen-bond donors (Lipinski definition) is 1. The fourth-order valence-electron chi connectivity index (χ4n) is 1.37. The third-order valence-corrected chi connectivity index (χ3v) is 3.74. The van der Waals surface area contributed by atoms with Gasteiger partial charge < -0.3 is 10.1 Å². The summed E-state index contributed by atoms with van der Waals surface area (Å²) in [7, 11) is -2.46. The van der Waals surface area contributed by atoms with E-state index in [4.69, 9.17) is 4.74 Å². The predicted octanol–water partition coefficient (Wildman–Crippen LogP) is 1.02. The highest BCUT2D eigenvalue weighted by Crippen LogP contribution is 2.37. The van der Waals surface area contributed by atoms with Crippen LogP contribution in [0.1, 0.15) is 33.6 Å². The van der Waals surface area contributed by atoms with Crippen molar-refractivity contribution in [2.24, 2.45) is 0 Å². The molecule has 1 rings (SSSR count). The quantitative estimate of drug-likeness (QED) is 0.767. The summed E-state index contributed by atoms with van der Waals surface area (Å²) < 4.78 is 32.1.